The number of amides is 1. The standard InChI is InChI=1S/C27H33N5O/c1-21-25(30-32(29-21)24-13-7-3-8-14-24)26(33)28-23-15-17-27(18-16-23,22-11-5-2-6-12-22)31-19-9-4-10-20-31/h2-3,5-8,11-14,23H,4,9-10,15-20H2,1H3,(H,28,33). The highest BCUT2D eigenvalue weighted by molar-refractivity contribution is 5.93. The molecule has 1 N–H and O–H groups in total. The summed E-state index contributed by atoms with van der Waals surface area (Å²) in [5, 5.41) is 12.2. The second-order valence-corrected chi connectivity index (χ2v) is 9.45. The lowest BCUT2D eigenvalue weighted by Crippen LogP contribution is -2.53. The fourth-order valence-corrected chi connectivity index (χ4v) is 5.62. The summed E-state index contributed by atoms with van der Waals surface area (Å²) < 4.78 is 0. The van der Waals surface area contributed by atoms with Crippen molar-refractivity contribution in [1.82, 2.24) is 25.2 Å². The van der Waals surface area contributed by atoms with Gasteiger partial charge in [0.2, 0.25) is 0 Å². The number of likely N-dealkylation sites (tertiary alicyclic amines) is 1. The number of carbonyl (C=O) groups excluding carboxylic acids is 1. The molecule has 2 aliphatic rings. The molecule has 0 unspecified atom stereocenters. The van der Waals surface area contributed by atoms with E-state index >= 15 is 0 Å². The summed E-state index contributed by atoms with van der Waals surface area (Å²) in [6, 6.07) is 20.9. The molecule has 0 bridgehead atoms. The van der Waals surface area contributed by atoms with E-state index in [2.05, 4.69) is 50.7 Å². The van der Waals surface area contributed by atoms with Crippen molar-refractivity contribution in [1.29, 1.82) is 0 Å². The molecule has 0 atom stereocenters. The highest BCUT2D eigenvalue weighted by Gasteiger charge is 2.42. The number of aromatic nitrogens is 3. The average Bonchev–Trinajstić information content (AvgIpc) is 3.28. The van der Waals surface area contributed by atoms with Crippen molar-refractivity contribution < 1.29 is 4.79 Å². The lowest BCUT2D eigenvalue weighted by molar-refractivity contribution is 0.0227. The first-order valence-corrected chi connectivity index (χ1v) is 12.3. The van der Waals surface area contributed by atoms with Crippen LogP contribution in [-0.2, 0) is 5.54 Å². The van der Waals surface area contributed by atoms with Crippen LogP contribution in [0, 0.1) is 6.92 Å². The van der Waals surface area contributed by atoms with Gasteiger partial charge in [0.05, 0.1) is 11.4 Å². The lowest BCUT2D eigenvalue weighted by Gasteiger charge is -2.50. The molecule has 1 saturated heterocycles. The SMILES string of the molecule is Cc1nn(-c2ccccc2)nc1C(=O)NC1CCC(c2ccccc2)(N2CCCCC2)CC1. The van der Waals surface area contributed by atoms with Crippen LogP contribution in [0.1, 0.15) is 66.7 Å². The molecule has 1 amide bonds. The first kappa shape index (κ1) is 21.8. The van der Waals surface area contributed by atoms with Crippen LogP contribution in [0.4, 0.5) is 0 Å². The van der Waals surface area contributed by atoms with Gasteiger partial charge in [0.25, 0.3) is 5.91 Å². The van der Waals surface area contributed by atoms with Crippen molar-refractivity contribution in [3.63, 3.8) is 0 Å². The lowest BCUT2D eigenvalue weighted by atomic mass is 9.73. The topological polar surface area (TPSA) is 63.1 Å². The monoisotopic (exact) mass is 443 g/mol. The molecule has 1 aromatic heterocycles. The number of aryl methyl sites for hydroxylation is 1. The molecule has 0 radical (unpaired) electrons. The molecule has 0 spiro atoms. The normalized spacial score (nSPS) is 23.8. The van der Waals surface area contributed by atoms with Gasteiger partial charge in [0, 0.05) is 11.6 Å². The maximum Gasteiger partial charge on any atom is 0.273 e. The van der Waals surface area contributed by atoms with Gasteiger partial charge in [-0.3, -0.25) is 9.69 Å². The van der Waals surface area contributed by atoms with E-state index in [0.717, 1.165) is 31.4 Å². The number of hydrogen-bond donors (Lipinski definition) is 1. The number of para-hydroxylation sites is 1. The van der Waals surface area contributed by atoms with Crippen LogP contribution in [0.2, 0.25) is 0 Å². The third kappa shape index (κ3) is 4.44. The Kier molecular flexibility index (Phi) is 6.27. The van der Waals surface area contributed by atoms with Gasteiger partial charge in [0.1, 0.15) is 0 Å². The number of carbonyl (C=O) groups is 1. The number of benzene rings is 2. The number of nitrogens with zero attached hydrogens (tertiary/aromatic N) is 4. The van der Waals surface area contributed by atoms with Crippen LogP contribution in [-0.4, -0.2) is 44.9 Å². The van der Waals surface area contributed by atoms with E-state index in [9.17, 15) is 4.79 Å². The number of hydrogen-bond acceptors (Lipinski definition) is 4. The zero-order valence-electron chi connectivity index (χ0n) is 19.4. The summed E-state index contributed by atoms with van der Waals surface area (Å²) in [7, 11) is 0. The Morgan fingerprint density at radius 2 is 1.55 bits per heavy atom. The summed E-state index contributed by atoms with van der Waals surface area (Å²) in [6.45, 7) is 4.19. The molecule has 1 saturated carbocycles. The zero-order valence-corrected chi connectivity index (χ0v) is 19.4. The molecule has 6 nitrogen and oxygen atoms in total. The van der Waals surface area contributed by atoms with Crippen molar-refractivity contribution in [3.8, 4) is 5.69 Å². The zero-order chi connectivity index (χ0) is 22.7. The van der Waals surface area contributed by atoms with Gasteiger partial charge < -0.3 is 5.32 Å². The van der Waals surface area contributed by atoms with Crippen molar-refractivity contribution in [2.24, 2.45) is 0 Å². The molecule has 1 aliphatic heterocycles. The van der Waals surface area contributed by atoms with E-state index in [1.165, 1.54) is 37.9 Å². The Balaban J connectivity index is 1.28. The van der Waals surface area contributed by atoms with Crippen LogP contribution >= 0.6 is 0 Å². The highest BCUT2D eigenvalue weighted by Crippen LogP contribution is 2.43. The largest absolute Gasteiger partial charge is 0.348 e. The minimum Gasteiger partial charge on any atom is -0.348 e. The number of nitrogens with one attached hydrogen (secondary N) is 1. The molecule has 3 aromatic rings. The minimum atomic E-state index is -0.120. The predicted octanol–water partition coefficient (Wildman–Crippen LogP) is 4.63. The fourth-order valence-electron chi connectivity index (χ4n) is 5.62. The molecule has 33 heavy (non-hydrogen) atoms. The summed E-state index contributed by atoms with van der Waals surface area (Å²) in [5.74, 6) is -0.120. The molecular weight excluding hydrogens is 410 g/mol. The summed E-state index contributed by atoms with van der Waals surface area (Å²) in [5.41, 5.74) is 3.44. The molecule has 5 rings (SSSR count). The summed E-state index contributed by atoms with van der Waals surface area (Å²) in [6.07, 6.45) is 7.99. The minimum absolute atomic E-state index is 0.0925. The Hall–Kier alpha value is -2.99. The molecule has 1 aliphatic carbocycles. The summed E-state index contributed by atoms with van der Waals surface area (Å²) in [4.78, 5) is 17.3. The van der Waals surface area contributed by atoms with Crippen LogP contribution in [0.3, 0.4) is 0 Å². The van der Waals surface area contributed by atoms with Crippen LogP contribution in [0.5, 0.6) is 0 Å². The van der Waals surface area contributed by atoms with Gasteiger partial charge in [-0.15, -0.1) is 5.10 Å². The van der Waals surface area contributed by atoms with E-state index in [4.69, 9.17) is 0 Å². The maximum absolute atomic E-state index is 13.1. The molecular formula is C27H33N5O. The second kappa shape index (κ2) is 9.48. The van der Waals surface area contributed by atoms with E-state index < -0.39 is 0 Å². The highest BCUT2D eigenvalue weighted by atomic mass is 16.2. The third-order valence-electron chi connectivity index (χ3n) is 7.40. The van der Waals surface area contributed by atoms with Gasteiger partial charge >= 0.3 is 0 Å². The first-order chi connectivity index (χ1) is 16.2. The molecule has 2 fully saturated rings. The Morgan fingerprint density at radius 1 is 0.909 bits per heavy atom. The predicted molar refractivity (Wildman–Crippen MR) is 129 cm³/mol. The first-order valence-electron chi connectivity index (χ1n) is 12.3. The van der Waals surface area contributed by atoms with Gasteiger partial charge in [-0.1, -0.05) is 55.0 Å². The molecule has 2 aromatic carbocycles. The molecule has 2 heterocycles. The van der Waals surface area contributed by atoms with Gasteiger partial charge in [-0.2, -0.15) is 9.90 Å². The third-order valence-corrected chi connectivity index (χ3v) is 7.40. The Morgan fingerprint density at radius 3 is 2.21 bits per heavy atom. The van der Waals surface area contributed by atoms with Crippen molar-refractivity contribution in [3.05, 3.63) is 77.6 Å². The maximum atomic E-state index is 13.1. The van der Waals surface area contributed by atoms with Gasteiger partial charge in [-0.25, -0.2) is 0 Å². The average molecular weight is 444 g/mol. The smallest absolute Gasteiger partial charge is 0.273 e. The van der Waals surface area contributed by atoms with E-state index in [-0.39, 0.29) is 17.5 Å². The second-order valence-electron chi connectivity index (χ2n) is 9.45. The van der Waals surface area contributed by atoms with E-state index in [0.29, 0.717) is 11.4 Å². The van der Waals surface area contributed by atoms with Crippen LogP contribution < -0.4 is 5.32 Å². The quantitative estimate of drug-likeness (QED) is 0.625. The molecule has 172 valence electrons. The van der Waals surface area contributed by atoms with E-state index in [1.807, 2.05) is 37.3 Å². The Bertz CT molecular complexity index is 1060. The fraction of sp³-hybridized carbons (Fsp3) is 0.444. The van der Waals surface area contributed by atoms with E-state index in [1.54, 1.807) is 4.80 Å². The van der Waals surface area contributed by atoms with Gasteiger partial charge in [-0.05, 0) is 76.2 Å². The number of rotatable bonds is 5. The van der Waals surface area contributed by atoms with Crippen molar-refractivity contribution in [2.75, 3.05) is 13.1 Å². The number of piperidine rings is 1. The Labute approximate surface area is 196 Å². The van der Waals surface area contributed by atoms with Crippen LogP contribution in [0.25, 0.3) is 5.69 Å². The van der Waals surface area contributed by atoms with Crippen molar-refractivity contribution >= 4 is 5.91 Å². The molecule has 6 heteroatoms. The summed E-state index contributed by atoms with van der Waals surface area (Å²) >= 11 is 0. The van der Waals surface area contributed by atoms with Gasteiger partial charge in [0.15, 0.2) is 5.69 Å². The van der Waals surface area contributed by atoms with Crippen LogP contribution in [0.15, 0.2) is 60.7 Å². The van der Waals surface area contributed by atoms with Crippen molar-refractivity contribution in [2.45, 2.75) is 63.5 Å².